The number of hydrogen-bond donors (Lipinski definition) is 2. The summed E-state index contributed by atoms with van der Waals surface area (Å²) >= 11 is 0. The average Bonchev–Trinajstić information content (AvgIpc) is 3.28. The van der Waals surface area contributed by atoms with Gasteiger partial charge in [-0.05, 0) is 43.4 Å². The first-order chi connectivity index (χ1) is 9.63. The van der Waals surface area contributed by atoms with E-state index in [0.29, 0.717) is 30.7 Å². The van der Waals surface area contributed by atoms with Gasteiger partial charge in [0.25, 0.3) is 0 Å². The molecule has 0 aromatic heterocycles. The molecule has 4 rings (SSSR count). The van der Waals surface area contributed by atoms with E-state index in [9.17, 15) is 14.7 Å². The topological polar surface area (TPSA) is 66.4 Å². The molecule has 0 aromatic rings. The van der Waals surface area contributed by atoms with E-state index in [-0.39, 0.29) is 11.8 Å². The van der Waals surface area contributed by atoms with Crippen molar-refractivity contribution in [1.82, 2.24) is 5.32 Å². The average molecular weight is 277 g/mol. The number of hydrogen-bond acceptors (Lipinski definition) is 2. The molecule has 4 heteroatoms. The molecule has 2 bridgehead atoms. The minimum Gasteiger partial charge on any atom is -0.481 e. The highest BCUT2D eigenvalue weighted by atomic mass is 16.4. The lowest BCUT2D eigenvalue weighted by atomic mass is 9.69. The molecule has 110 valence electrons. The monoisotopic (exact) mass is 277 g/mol. The second-order valence-electron chi connectivity index (χ2n) is 6.69. The van der Waals surface area contributed by atoms with Gasteiger partial charge in [0.1, 0.15) is 0 Å². The Labute approximate surface area is 119 Å². The van der Waals surface area contributed by atoms with E-state index in [4.69, 9.17) is 0 Å². The zero-order valence-electron chi connectivity index (χ0n) is 11.8. The summed E-state index contributed by atoms with van der Waals surface area (Å²) in [7, 11) is 0. The number of carbonyl (C=O) groups excluding carboxylic acids is 1. The molecule has 2 fully saturated rings. The highest BCUT2D eigenvalue weighted by Crippen LogP contribution is 2.40. The summed E-state index contributed by atoms with van der Waals surface area (Å²) in [5, 5.41) is 12.1. The van der Waals surface area contributed by atoms with Crippen molar-refractivity contribution in [1.29, 1.82) is 0 Å². The maximum Gasteiger partial charge on any atom is 0.308 e. The van der Waals surface area contributed by atoms with E-state index < -0.39 is 11.9 Å². The SMILES string of the molecule is O=C(O)C(CNC(=O)[C@H]1C[C@H]2C=C[C@@H]1CC2)CC1CC1. The summed E-state index contributed by atoms with van der Waals surface area (Å²) < 4.78 is 0. The lowest BCUT2D eigenvalue weighted by Gasteiger charge is -2.37. The molecule has 0 saturated heterocycles. The van der Waals surface area contributed by atoms with Crippen LogP contribution in [0.5, 0.6) is 0 Å². The molecule has 2 N–H and O–H groups in total. The second-order valence-corrected chi connectivity index (χ2v) is 6.69. The molecular formula is C16H23NO3. The first-order valence-corrected chi connectivity index (χ1v) is 7.82. The third-order valence-corrected chi connectivity index (χ3v) is 5.10. The van der Waals surface area contributed by atoms with Gasteiger partial charge in [-0.2, -0.15) is 0 Å². The third-order valence-electron chi connectivity index (χ3n) is 5.10. The molecule has 4 aliphatic rings. The van der Waals surface area contributed by atoms with Crippen molar-refractivity contribution in [2.45, 2.75) is 38.5 Å². The predicted octanol–water partition coefficient (Wildman–Crippen LogP) is 2.21. The Morgan fingerprint density at radius 2 is 2.00 bits per heavy atom. The van der Waals surface area contributed by atoms with E-state index in [1.807, 2.05) is 0 Å². The Morgan fingerprint density at radius 3 is 2.50 bits per heavy atom. The Bertz CT molecular complexity index is 427. The first-order valence-electron chi connectivity index (χ1n) is 7.82. The van der Waals surface area contributed by atoms with E-state index >= 15 is 0 Å². The van der Waals surface area contributed by atoms with Crippen LogP contribution in [-0.2, 0) is 9.59 Å². The second kappa shape index (κ2) is 5.58. The van der Waals surface area contributed by atoms with Crippen LogP contribution >= 0.6 is 0 Å². The zero-order chi connectivity index (χ0) is 14.1. The molecule has 4 atom stereocenters. The highest BCUT2D eigenvalue weighted by molar-refractivity contribution is 5.80. The molecule has 4 nitrogen and oxygen atoms in total. The van der Waals surface area contributed by atoms with Crippen molar-refractivity contribution in [3.63, 3.8) is 0 Å². The summed E-state index contributed by atoms with van der Waals surface area (Å²) in [5.74, 6) is 0.427. The van der Waals surface area contributed by atoms with Crippen molar-refractivity contribution in [2.24, 2.45) is 29.6 Å². The highest BCUT2D eigenvalue weighted by Gasteiger charge is 2.37. The fourth-order valence-corrected chi connectivity index (χ4v) is 3.62. The predicted molar refractivity (Wildman–Crippen MR) is 74.9 cm³/mol. The van der Waals surface area contributed by atoms with Gasteiger partial charge in [0.05, 0.1) is 5.92 Å². The number of rotatable bonds is 6. The lowest BCUT2D eigenvalue weighted by Crippen LogP contribution is -2.42. The number of allylic oxidation sites excluding steroid dienone is 2. The van der Waals surface area contributed by atoms with Gasteiger partial charge < -0.3 is 10.4 Å². The van der Waals surface area contributed by atoms with Crippen LogP contribution in [0.15, 0.2) is 12.2 Å². The van der Waals surface area contributed by atoms with Gasteiger partial charge in [-0.25, -0.2) is 0 Å². The zero-order valence-corrected chi connectivity index (χ0v) is 11.8. The van der Waals surface area contributed by atoms with Crippen molar-refractivity contribution in [3.05, 3.63) is 12.2 Å². The largest absolute Gasteiger partial charge is 0.481 e. The Balaban J connectivity index is 1.50. The molecule has 0 aromatic carbocycles. The molecule has 2 saturated carbocycles. The molecule has 1 amide bonds. The number of amides is 1. The molecule has 0 heterocycles. The number of carboxylic acids is 1. The van der Waals surface area contributed by atoms with Crippen molar-refractivity contribution in [2.75, 3.05) is 6.54 Å². The van der Waals surface area contributed by atoms with E-state index in [1.54, 1.807) is 0 Å². The van der Waals surface area contributed by atoms with Crippen LogP contribution < -0.4 is 5.32 Å². The number of aliphatic carboxylic acids is 1. The van der Waals surface area contributed by atoms with Crippen LogP contribution in [0.25, 0.3) is 0 Å². The molecule has 0 spiro atoms. The quantitative estimate of drug-likeness (QED) is 0.731. The molecule has 20 heavy (non-hydrogen) atoms. The van der Waals surface area contributed by atoms with E-state index in [0.717, 1.165) is 25.7 Å². The molecule has 1 unspecified atom stereocenters. The Hall–Kier alpha value is -1.32. The number of carboxylic acid groups (broad SMARTS) is 1. The number of fused-ring (bicyclic) bond motifs is 2. The minimum absolute atomic E-state index is 0.0612. The number of carbonyl (C=O) groups is 2. The smallest absolute Gasteiger partial charge is 0.308 e. The fraction of sp³-hybridized carbons (Fsp3) is 0.750. The van der Waals surface area contributed by atoms with Crippen LogP contribution in [0.1, 0.15) is 38.5 Å². The van der Waals surface area contributed by atoms with Gasteiger partial charge in [-0.3, -0.25) is 9.59 Å². The van der Waals surface area contributed by atoms with Gasteiger partial charge in [0.2, 0.25) is 5.91 Å². The number of nitrogens with one attached hydrogen (secondary N) is 1. The maximum absolute atomic E-state index is 12.3. The van der Waals surface area contributed by atoms with Crippen molar-refractivity contribution < 1.29 is 14.7 Å². The minimum atomic E-state index is -0.776. The Kier molecular flexibility index (Phi) is 3.81. The molecule has 0 aliphatic heterocycles. The van der Waals surface area contributed by atoms with Crippen LogP contribution in [0.4, 0.5) is 0 Å². The normalized spacial score (nSPS) is 32.9. The van der Waals surface area contributed by atoms with Crippen LogP contribution in [0.3, 0.4) is 0 Å². The molecule has 4 aliphatic carbocycles. The van der Waals surface area contributed by atoms with Crippen molar-refractivity contribution in [3.8, 4) is 0 Å². The van der Waals surface area contributed by atoms with E-state index in [2.05, 4.69) is 17.5 Å². The summed E-state index contributed by atoms with van der Waals surface area (Å²) in [6.07, 6.45) is 10.7. The summed E-state index contributed by atoms with van der Waals surface area (Å²) in [6.45, 7) is 0.294. The van der Waals surface area contributed by atoms with Crippen molar-refractivity contribution >= 4 is 11.9 Å². The van der Waals surface area contributed by atoms with Crippen LogP contribution in [0, 0.1) is 29.6 Å². The maximum atomic E-state index is 12.3. The van der Waals surface area contributed by atoms with Gasteiger partial charge in [-0.15, -0.1) is 0 Å². The third kappa shape index (κ3) is 3.05. The molecular weight excluding hydrogens is 254 g/mol. The van der Waals surface area contributed by atoms with E-state index in [1.165, 1.54) is 6.42 Å². The molecule has 0 radical (unpaired) electrons. The summed E-state index contributed by atoms with van der Waals surface area (Å²) in [4.78, 5) is 23.5. The summed E-state index contributed by atoms with van der Waals surface area (Å²) in [6, 6.07) is 0. The van der Waals surface area contributed by atoms with Crippen LogP contribution in [-0.4, -0.2) is 23.5 Å². The Morgan fingerprint density at radius 1 is 1.20 bits per heavy atom. The van der Waals surface area contributed by atoms with Gasteiger partial charge in [-0.1, -0.05) is 25.0 Å². The first kappa shape index (κ1) is 13.7. The van der Waals surface area contributed by atoms with Gasteiger partial charge in [0, 0.05) is 12.5 Å². The fourth-order valence-electron chi connectivity index (χ4n) is 3.62. The summed E-state index contributed by atoms with van der Waals surface area (Å²) in [5.41, 5.74) is 0. The standard InChI is InChI=1S/C16H23NO3/c18-15(14-8-11-3-5-12(14)6-4-11)17-9-13(16(19)20)7-10-1-2-10/h3,5,10-14H,1-2,4,6-9H2,(H,17,18)(H,19,20)/t11-,12+,13?,14-/m0/s1. The van der Waals surface area contributed by atoms with Gasteiger partial charge >= 0.3 is 5.97 Å². The lowest BCUT2D eigenvalue weighted by molar-refractivity contribution is -0.142. The van der Waals surface area contributed by atoms with Gasteiger partial charge in [0.15, 0.2) is 0 Å². The van der Waals surface area contributed by atoms with Crippen LogP contribution in [0.2, 0.25) is 0 Å².